The van der Waals surface area contributed by atoms with Crippen LogP contribution in [0.5, 0.6) is 0 Å². The van der Waals surface area contributed by atoms with Crippen molar-refractivity contribution >= 4 is 39.9 Å². The number of halogens is 1. The predicted octanol–water partition coefficient (Wildman–Crippen LogP) is 2.63. The molecule has 0 aromatic heterocycles. The Labute approximate surface area is 155 Å². The number of benzene rings is 1. The number of sulfone groups is 1. The minimum atomic E-state index is -3.32. The van der Waals surface area contributed by atoms with Crippen LogP contribution < -0.4 is 11.1 Å². The van der Waals surface area contributed by atoms with Gasteiger partial charge in [0.15, 0.2) is 9.84 Å². The maximum absolute atomic E-state index is 12.3. The van der Waals surface area contributed by atoms with Gasteiger partial charge in [0.1, 0.15) is 0 Å². The van der Waals surface area contributed by atoms with Gasteiger partial charge in [-0.15, -0.1) is 24.2 Å². The topological polar surface area (TPSA) is 89.3 Å². The number of rotatable bonds is 8. The molecule has 0 aliphatic carbocycles. The highest BCUT2D eigenvalue weighted by Crippen LogP contribution is 2.30. The summed E-state index contributed by atoms with van der Waals surface area (Å²) in [5.74, 6) is -0.0526. The standard InChI is InChI=1S/C16H26N2O3S2.ClH/c1-5-10-23(20,21)14-9-7-6-8-13(14)22-12(2)15(19)18-11-16(3,4)17;/h6-9,12H,5,10-11,17H2,1-4H3,(H,18,19);1H. The lowest BCUT2D eigenvalue weighted by atomic mass is 10.1. The lowest BCUT2D eigenvalue weighted by Gasteiger charge is -2.21. The van der Waals surface area contributed by atoms with Crippen molar-refractivity contribution in [1.29, 1.82) is 0 Å². The molecule has 1 aromatic carbocycles. The van der Waals surface area contributed by atoms with Gasteiger partial charge in [0, 0.05) is 17.0 Å². The predicted molar refractivity (Wildman–Crippen MR) is 103 cm³/mol. The molecule has 0 aliphatic heterocycles. The van der Waals surface area contributed by atoms with E-state index in [1.54, 1.807) is 31.2 Å². The summed E-state index contributed by atoms with van der Waals surface area (Å²) in [6.45, 7) is 7.62. The molecule has 0 heterocycles. The number of hydrogen-bond acceptors (Lipinski definition) is 5. The highest BCUT2D eigenvalue weighted by molar-refractivity contribution is 8.01. The molecule has 138 valence electrons. The zero-order valence-electron chi connectivity index (χ0n) is 14.5. The minimum absolute atomic E-state index is 0. The summed E-state index contributed by atoms with van der Waals surface area (Å²) < 4.78 is 24.7. The first-order valence-corrected chi connectivity index (χ1v) is 10.1. The Bertz CT molecular complexity index is 643. The SMILES string of the molecule is CCCS(=O)(=O)c1ccccc1SC(C)C(=O)NCC(C)(C)N.Cl. The van der Waals surface area contributed by atoms with E-state index in [9.17, 15) is 13.2 Å². The van der Waals surface area contributed by atoms with Crippen LogP contribution in [0.1, 0.15) is 34.1 Å². The molecule has 0 bridgehead atoms. The molecule has 3 N–H and O–H groups in total. The van der Waals surface area contributed by atoms with Crippen molar-refractivity contribution in [3.63, 3.8) is 0 Å². The maximum atomic E-state index is 12.3. The van der Waals surface area contributed by atoms with Crippen LogP contribution in [0.4, 0.5) is 0 Å². The Morgan fingerprint density at radius 1 is 1.33 bits per heavy atom. The van der Waals surface area contributed by atoms with Gasteiger partial charge in [-0.1, -0.05) is 19.1 Å². The number of thioether (sulfide) groups is 1. The largest absolute Gasteiger partial charge is 0.353 e. The second kappa shape index (κ2) is 9.65. The quantitative estimate of drug-likeness (QED) is 0.661. The van der Waals surface area contributed by atoms with Crippen molar-refractivity contribution in [2.45, 2.75) is 54.7 Å². The fourth-order valence-corrected chi connectivity index (χ4v) is 4.74. The van der Waals surface area contributed by atoms with Crippen LogP contribution >= 0.6 is 24.2 Å². The van der Waals surface area contributed by atoms with Crippen molar-refractivity contribution < 1.29 is 13.2 Å². The Hall–Kier alpha value is -0.760. The van der Waals surface area contributed by atoms with E-state index >= 15 is 0 Å². The monoisotopic (exact) mass is 394 g/mol. The molecule has 0 saturated heterocycles. The van der Waals surface area contributed by atoms with Crippen LogP contribution in [0.3, 0.4) is 0 Å². The van der Waals surface area contributed by atoms with Crippen molar-refractivity contribution in [3.8, 4) is 0 Å². The molecule has 0 aliphatic rings. The summed E-state index contributed by atoms with van der Waals surface area (Å²) in [4.78, 5) is 13.0. The first-order chi connectivity index (χ1) is 10.6. The van der Waals surface area contributed by atoms with Crippen LogP contribution in [0.25, 0.3) is 0 Å². The highest BCUT2D eigenvalue weighted by atomic mass is 35.5. The maximum Gasteiger partial charge on any atom is 0.233 e. The van der Waals surface area contributed by atoms with Gasteiger partial charge in [-0.25, -0.2) is 8.42 Å². The Morgan fingerprint density at radius 3 is 2.46 bits per heavy atom. The van der Waals surface area contributed by atoms with E-state index in [2.05, 4.69) is 5.32 Å². The van der Waals surface area contributed by atoms with Gasteiger partial charge in [-0.2, -0.15) is 0 Å². The van der Waals surface area contributed by atoms with Gasteiger partial charge >= 0.3 is 0 Å². The van der Waals surface area contributed by atoms with Crippen molar-refractivity contribution in [2.24, 2.45) is 5.73 Å². The van der Waals surface area contributed by atoms with Crippen molar-refractivity contribution in [3.05, 3.63) is 24.3 Å². The molecule has 8 heteroatoms. The van der Waals surface area contributed by atoms with E-state index in [1.807, 2.05) is 20.8 Å². The van der Waals surface area contributed by atoms with Crippen LogP contribution in [-0.4, -0.2) is 37.4 Å². The number of amides is 1. The third-order valence-corrected chi connectivity index (χ3v) is 6.33. The number of hydrogen-bond donors (Lipinski definition) is 2. The van der Waals surface area contributed by atoms with Crippen molar-refractivity contribution in [2.75, 3.05) is 12.3 Å². The average molecular weight is 395 g/mol. The fourth-order valence-electron chi connectivity index (χ4n) is 1.89. The summed E-state index contributed by atoms with van der Waals surface area (Å²) in [5.41, 5.74) is 5.37. The first kappa shape index (κ1) is 23.2. The minimum Gasteiger partial charge on any atom is -0.353 e. The van der Waals surface area contributed by atoms with Crippen LogP contribution in [0.15, 0.2) is 34.1 Å². The van der Waals surface area contributed by atoms with Gasteiger partial charge in [0.05, 0.1) is 15.9 Å². The summed E-state index contributed by atoms with van der Waals surface area (Å²) >= 11 is 1.25. The third-order valence-electron chi connectivity index (χ3n) is 3.05. The van der Waals surface area contributed by atoms with Crippen LogP contribution in [-0.2, 0) is 14.6 Å². The van der Waals surface area contributed by atoms with E-state index in [-0.39, 0.29) is 24.1 Å². The summed E-state index contributed by atoms with van der Waals surface area (Å²) in [6.07, 6.45) is 0.558. The van der Waals surface area contributed by atoms with E-state index < -0.39 is 20.6 Å². The molecule has 1 unspecified atom stereocenters. The van der Waals surface area contributed by atoms with E-state index in [4.69, 9.17) is 5.73 Å². The lowest BCUT2D eigenvalue weighted by Crippen LogP contribution is -2.46. The summed E-state index contributed by atoms with van der Waals surface area (Å²) in [7, 11) is -3.32. The Balaban J connectivity index is 0.00000529. The second-order valence-electron chi connectivity index (χ2n) is 6.23. The zero-order valence-corrected chi connectivity index (χ0v) is 17.0. The summed E-state index contributed by atoms with van der Waals surface area (Å²) in [5, 5.41) is 2.38. The van der Waals surface area contributed by atoms with Crippen molar-refractivity contribution in [1.82, 2.24) is 5.32 Å². The van der Waals surface area contributed by atoms with Gasteiger partial charge in [-0.3, -0.25) is 4.79 Å². The van der Waals surface area contributed by atoms with Gasteiger partial charge < -0.3 is 11.1 Å². The van der Waals surface area contributed by atoms with E-state index in [0.29, 0.717) is 22.8 Å². The normalized spacial score (nSPS) is 13.0. The Kier molecular flexibility index (Phi) is 9.35. The first-order valence-electron chi connectivity index (χ1n) is 7.62. The third kappa shape index (κ3) is 7.42. The zero-order chi connectivity index (χ0) is 17.7. The number of nitrogens with two attached hydrogens (primary N) is 1. The molecular weight excluding hydrogens is 368 g/mol. The van der Waals surface area contributed by atoms with E-state index in [1.165, 1.54) is 11.8 Å². The lowest BCUT2D eigenvalue weighted by molar-refractivity contribution is -0.120. The molecule has 0 fully saturated rings. The van der Waals surface area contributed by atoms with Gasteiger partial charge in [-0.05, 0) is 39.3 Å². The number of nitrogens with one attached hydrogen (secondary N) is 1. The van der Waals surface area contributed by atoms with E-state index in [0.717, 1.165) is 0 Å². The van der Waals surface area contributed by atoms with Gasteiger partial charge in [0.2, 0.25) is 5.91 Å². The molecule has 1 amide bonds. The second-order valence-corrected chi connectivity index (χ2v) is 9.69. The summed E-state index contributed by atoms with van der Waals surface area (Å²) in [6, 6.07) is 6.82. The highest BCUT2D eigenvalue weighted by Gasteiger charge is 2.22. The molecule has 1 atom stereocenters. The molecule has 0 saturated carbocycles. The molecule has 1 aromatic rings. The average Bonchev–Trinajstić information content (AvgIpc) is 2.44. The van der Waals surface area contributed by atoms with Gasteiger partial charge in [0.25, 0.3) is 0 Å². The molecule has 24 heavy (non-hydrogen) atoms. The fraction of sp³-hybridized carbons (Fsp3) is 0.562. The number of carbonyl (C=O) groups excluding carboxylic acids is 1. The smallest absolute Gasteiger partial charge is 0.233 e. The van der Waals surface area contributed by atoms with Crippen LogP contribution in [0.2, 0.25) is 0 Å². The molecule has 0 radical (unpaired) electrons. The molecule has 1 rings (SSSR count). The molecular formula is C16H27ClN2O3S2. The Morgan fingerprint density at radius 2 is 1.92 bits per heavy atom. The number of carbonyl (C=O) groups is 1. The molecule has 5 nitrogen and oxygen atoms in total. The molecule has 0 spiro atoms. The van der Waals surface area contributed by atoms with Crippen LogP contribution in [0, 0.1) is 0 Å².